The van der Waals surface area contributed by atoms with Crippen LogP contribution in [0.25, 0.3) is 5.70 Å². The fourth-order valence-electron chi connectivity index (χ4n) is 3.18. The molecule has 1 aliphatic carbocycles. The van der Waals surface area contributed by atoms with Crippen molar-refractivity contribution in [2.45, 2.75) is 19.8 Å². The predicted molar refractivity (Wildman–Crippen MR) is 91.6 cm³/mol. The number of halogens is 2. The van der Waals surface area contributed by atoms with Gasteiger partial charge in [0, 0.05) is 30.4 Å². The summed E-state index contributed by atoms with van der Waals surface area (Å²) in [5.74, 6) is -0.867. The van der Waals surface area contributed by atoms with Crippen LogP contribution in [0, 0.1) is 23.5 Å². The largest absolute Gasteiger partial charge is 0.402 e. The lowest BCUT2D eigenvalue weighted by molar-refractivity contribution is 0.284. The summed E-state index contributed by atoms with van der Waals surface area (Å²) < 4.78 is 27.7. The molecule has 0 spiro atoms. The Hall–Kier alpha value is -1.92. The van der Waals surface area contributed by atoms with Crippen LogP contribution in [-0.2, 0) is 0 Å². The molecule has 4 nitrogen and oxygen atoms in total. The zero-order valence-corrected chi connectivity index (χ0v) is 13.9. The first-order valence-electron chi connectivity index (χ1n) is 8.15. The molecule has 0 bridgehead atoms. The van der Waals surface area contributed by atoms with E-state index in [0.29, 0.717) is 24.7 Å². The number of nitrogens with two attached hydrogens (primary N) is 2. The summed E-state index contributed by atoms with van der Waals surface area (Å²) in [7, 11) is 0. The molecule has 0 aliphatic heterocycles. The van der Waals surface area contributed by atoms with Crippen molar-refractivity contribution in [2.24, 2.45) is 23.3 Å². The number of aliphatic hydroxyl groups is 1. The lowest BCUT2D eigenvalue weighted by Crippen LogP contribution is -2.33. The van der Waals surface area contributed by atoms with Gasteiger partial charge in [0.1, 0.15) is 11.6 Å². The Kier molecular flexibility index (Phi) is 6.34. The Bertz CT molecular complexity index is 623. The highest BCUT2D eigenvalue weighted by molar-refractivity contribution is 5.66. The number of benzene rings is 1. The van der Waals surface area contributed by atoms with Crippen molar-refractivity contribution in [3.8, 4) is 0 Å². The van der Waals surface area contributed by atoms with E-state index in [1.165, 1.54) is 18.2 Å². The van der Waals surface area contributed by atoms with Crippen molar-refractivity contribution < 1.29 is 13.9 Å². The van der Waals surface area contributed by atoms with E-state index in [4.69, 9.17) is 16.6 Å². The van der Waals surface area contributed by atoms with Gasteiger partial charge in [-0.3, -0.25) is 0 Å². The van der Waals surface area contributed by atoms with Crippen LogP contribution in [-0.4, -0.2) is 24.8 Å². The topological polar surface area (TPSA) is 84.3 Å². The molecule has 2 atom stereocenters. The zero-order valence-electron chi connectivity index (χ0n) is 13.9. The lowest BCUT2D eigenvalue weighted by atomic mass is 9.80. The Labute approximate surface area is 141 Å². The van der Waals surface area contributed by atoms with Crippen LogP contribution in [0.5, 0.6) is 0 Å². The molecule has 132 valence electrons. The number of nitrogens with one attached hydrogen (secondary N) is 1. The maximum Gasteiger partial charge on any atom is 0.135 e. The van der Waals surface area contributed by atoms with E-state index in [1.807, 2.05) is 0 Å². The summed E-state index contributed by atoms with van der Waals surface area (Å²) in [6.45, 7) is 3.34. The quantitative estimate of drug-likeness (QED) is 0.599. The first-order chi connectivity index (χ1) is 11.4. The molecule has 0 amide bonds. The normalized spacial score (nSPS) is 22.1. The second-order valence-corrected chi connectivity index (χ2v) is 6.35. The standard InChI is InChI=1S/C18H25F2N3O/c1-11-7-12(18(22)13(8-11)10-23-5-6-24)9-16(21)17-14(19)3-2-4-15(17)20/h2-4,9,11,13,23-24H,5-8,10,21-22H2,1H3/b16-9-. The third-order valence-corrected chi connectivity index (χ3v) is 4.33. The maximum atomic E-state index is 13.9. The maximum absolute atomic E-state index is 13.9. The second-order valence-electron chi connectivity index (χ2n) is 6.35. The molecule has 1 aromatic carbocycles. The molecule has 0 fully saturated rings. The molecule has 0 heterocycles. The average Bonchev–Trinajstić information content (AvgIpc) is 2.51. The van der Waals surface area contributed by atoms with Crippen molar-refractivity contribution >= 4 is 5.70 Å². The monoisotopic (exact) mass is 337 g/mol. The molecule has 6 heteroatoms. The zero-order chi connectivity index (χ0) is 17.7. The summed E-state index contributed by atoms with van der Waals surface area (Å²) in [4.78, 5) is 0. The number of hydrogen-bond acceptors (Lipinski definition) is 4. The number of rotatable bonds is 6. The van der Waals surface area contributed by atoms with Crippen molar-refractivity contribution in [3.63, 3.8) is 0 Å². The lowest BCUT2D eigenvalue weighted by Gasteiger charge is -2.29. The van der Waals surface area contributed by atoms with Gasteiger partial charge in [-0.15, -0.1) is 0 Å². The third-order valence-electron chi connectivity index (χ3n) is 4.33. The summed E-state index contributed by atoms with van der Waals surface area (Å²) in [5, 5.41) is 12.0. The molecule has 24 heavy (non-hydrogen) atoms. The Morgan fingerprint density at radius 1 is 1.38 bits per heavy atom. The smallest absolute Gasteiger partial charge is 0.135 e. The van der Waals surface area contributed by atoms with Crippen LogP contribution in [0.15, 0.2) is 35.5 Å². The van der Waals surface area contributed by atoms with Gasteiger partial charge >= 0.3 is 0 Å². The van der Waals surface area contributed by atoms with Gasteiger partial charge in [-0.1, -0.05) is 13.0 Å². The molecule has 2 rings (SSSR count). The van der Waals surface area contributed by atoms with Crippen molar-refractivity contribution in [2.75, 3.05) is 19.7 Å². The highest BCUT2D eigenvalue weighted by Gasteiger charge is 2.25. The number of allylic oxidation sites excluding steroid dienone is 2. The van der Waals surface area contributed by atoms with E-state index in [1.54, 1.807) is 6.08 Å². The summed E-state index contributed by atoms with van der Waals surface area (Å²) in [6, 6.07) is 3.67. The SMILES string of the molecule is CC1CC(/C=C(\N)c2c(F)cccc2F)=C(N)C(CNCCO)C1. The first-order valence-corrected chi connectivity index (χ1v) is 8.15. The minimum absolute atomic E-state index is 0.0414. The van der Waals surface area contributed by atoms with Crippen LogP contribution in [0.1, 0.15) is 25.3 Å². The summed E-state index contributed by atoms with van der Waals surface area (Å²) in [5.41, 5.74) is 13.5. The van der Waals surface area contributed by atoms with E-state index in [2.05, 4.69) is 12.2 Å². The van der Waals surface area contributed by atoms with E-state index in [0.717, 1.165) is 18.4 Å². The number of aliphatic hydroxyl groups excluding tert-OH is 1. The van der Waals surface area contributed by atoms with Crippen LogP contribution in [0.3, 0.4) is 0 Å². The van der Waals surface area contributed by atoms with Gasteiger partial charge in [-0.2, -0.15) is 0 Å². The molecule has 1 aromatic rings. The van der Waals surface area contributed by atoms with Crippen LogP contribution < -0.4 is 16.8 Å². The predicted octanol–water partition coefficient (Wildman–Crippen LogP) is 2.11. The first kappa shape index (κ1) is 18.4. The molecule has 0 radical (unpaired) electrons. The van der Waals surface area contributed by atoms with Gasteiger partial charge in [0.15, 0.2) is 0 Å². The Morgan fingerprint density at radius 3 is 2.67 bits per heavy atom. The van der Waals surface area contributed by atoms with Gasteiger partial charge in [0.25, 0.3) is 0 Å². The Balaban J connectivity index is 2.29. The second kappa shape index (κ2) is 8.26. The molecule has 6 N–H and O–H groups in total. The molecular weight excluding hydrogens is 312 g/mol. The summed E-state index contributed by atoms with van der Waals surface area (Å²) >= 11 is 0. The van der Waals surface area contributed by atoms with Gasteiger partial charge in [-0.05, 0) is 42.5 Å². The molecule has 0 aromatic heterocycles. The van der Waals surface area contributed by atoms with Crippen molar-refractivity contribution in [3.05, 3.63) is 52.7 Å². The van der Waals surface area contributed by atoms with E-state index in [-0.39, 0.29) is 23.8 Å². The molecule has 0 saturated heterocycles. The number of hydrogen-bond donors (Lipinski definition) is 4. The Morgan fingerprint density at radius 2 is 2.04 bits per heavy atom. The van der Waals surface area contributed by atoms with Gasteiger partial charge in [0.2, 0.25) is 0 Å². The van der Waals surface area contributed by atoms with E-state index < -0.39 is 11.6 Å². The summed E-state index contributed by atoms with van der Waals surface area (Å²) in [6.07, 6.45) is 3.24. The van der Waals surface area contributed by atoms with Gasteiger partial charge < -0.3 is 21.9 Å². The van der Waals surface area contributed by atoms with Crippen LogP contribution >= 0.6 is 0 Å². The third kappa shape index (κ3) is 4.33. The fraction of sp³-hybridized carbons (Fsp3) is 0.444. The highest BCUT2D eigenvalue weighted by atomic mass is 19.1. The van der Waals surface area contributed by atoms with Gasteiger partial charge in [0.05, 0.1) is 12.2 Å². The van der Waals surface area contributed by atoms with Crippen molar-refractivity contribution in [1.82, 2.24) is 5.32 Å². The van der Waals surface area contributed by atoms with Gasteiger partial charge in [-0.25, -0.2) is 8.78 Å². The van der Waals surface area contributed by atoms with Crippen LogP contribution in [0.4, 0.5) is 8.78 Å². The minimum atomic E-state index is -0.687. The molecule has 1 aliphatic rings. The molecule has 0 saturated carbocycles. The van der Waals surface area contributed by atoms with Crippen molar-refractivity contribution in [1.29, 1.82) is 0 Å². The average molecular weight is 337 g/mol. The van der Waals surface area contributed by atoms with Crippen LogP contribution in [0.2, 0.25) is 0 Å². The molecule has 2 unspecified atom stereocenters. The minimum Gasteiger partial charge on any atom is -0.402 e. The highest BCUT2D eigenvalue weighted by Crippen LogP contribution is 2.33. The van der Waals surface area contributed by atoms with E-state index in [9.17, 15) is 8.78 Å². The molecular formula is C18H25F2N3O. The van der Waals surface area contributed by atoms with E-state index >= 15 is 0 Å². The fourth-order valence-corrected chi connectivity index (χ4v) is 3.18.